The zero-order chi connectivity index (χ0) is 13.7. The van der Waals surface area contributed by atoms with E-state index in [1.165, 1.54) is 17.5 Å². The van der Waals surface area contributed by atoms with E-state index in [9.17, 15) is 0 Å². The third kappa shape index (κ3) is 3.58. The average molecular weight is 256 g/mol. The maximum absolute atomic E-state index is 9.15. The molecule has 2 nitrogen and oxygen atoms in total. The van der Waals surface area contributed by atoms with E-state index in [1.54, 1.807) is 0 Å². The Kier molecular flexibility index (Phi) is 4.61. The van der Waals surface area contributed by atoms with Crippen LogP contribution in [0, 0.1) is 16.7 Å². The van der Waals surface area contributed by atoms with Gasteiger partial charge in [0.2, 0.25) is 0 Å². The van der Waals surface area contributed by atoms with Gasteiger partial charge in [0.1, 0.15) is 0 Å². The fourth-order valence-electron chi connectivity index (χ4n) is 2.56. The van der Waals surface area contributed by atoms with Crippen molar-refractivity contribution < 1.29 is 0 Å². The van der Waals surface area contributed by atoms with E-state index in [0.717, 1.165) is 32.4 Å². The third-order valence-electron chi connectivity index (χ3n) is 4.25. The highest BCUT2D eigenvalue weighted by molar-refractivity contribution is 5.24. The summed E-state index contributed by atoms with van der Waals surface area (Å²) in [6, 6.07) is 11.4. The van der Waals surface area contributed by atoms with Gasteiger partial charge in [-0.25, -0.2) is 0 Å². The zero-order valence-electron chi connectivity index (χ0n) is 12.1. The van der Waals surface area contributed by atoms with Gasteiger partial charge in [0.15, 0.2) is 0 Å². The average Bonchev–Trinajstić information content (AvgIpc) is 2.37. The highest BCUT2D eigenvalue weighted by Gasteiger charge is 2.36. The SMILES string of the molecule is CC(C)c1ccc(CCNCC2(C#N)CCC2)cc1. The highest BCUT2D eigenvalue weighted by Crippen LogP contribution is 2.39. The Morgan fingerprint density at radius 2 is 1.95 bits per heavy atom. The van der Waals surface area contributed by atoms with Gasteiger partial charge in [0.25, 0.3) is 0 Å². The van der Waals surface area contributed by atoms with Crippen molar-refractivity contribution in [2.45, 2.75) is 45.4 Å². The third-order valence-corrected chi connectivity index (χ3v) is 4.25. The maximum atomic E-state index is 9.15. The first-order valence-corrected chi connectivity index (χ1v) is 7.36. The van der Waals surface area contributed by atoms with Crippen LogP contribution in [0.1, 0.15) is 50.2 Å². The molecule has 1 aromatic carbocycles. The van der Waals surface area contributed by atoms with Crippen molar-refractivity contribution in [1.29, 1.82) is 5.26 Å². The van der Waals surface area contributed by atoms with Crippen LogP contribution in [0.3, 0.4) is 0 Å². The van der Waals surface area contributed by atoms with E-state index in [2.05, 4.69) is 49.5 Å². The fraction of sp³-hybridized carbons (Fsp3) is 0.588. The molecule has 0 bridgehead atoms. The van der Waals surface area contributed by atoms with E-state index in [4.69, 9.17) is 5.26 Å². The molecule has 1 N–H and O–H groups in total. The van der Waals surface area contributed by atoms with Gasteiger partial charge in [-0.2, -0.15) is 5.26 Å². The monoisotopic (exact) mass is 256 g/mol. The molecule has 1 aliphatic carbocycles. The van der Waals surface area contributed by atoms with Crippen LogP contribution in [0.4, 0.5) is 0 Å². The molecule has 0 saturated heterocycles. The van der Waals surface area contributed by atoms with Crippen molar-refractivity contribution in [1.82, 2.24) is 5.32 Å². The lowest BCUT2D eigenvalue weighted by atomic mass is 9.70. The van der Waals surface area contributed by atoms with E-state index in [0.29, 0.717) is 5.92 Å². The van der Waals surface area contributed by atoms with Crippen LogP contribution < -0.4 is 5.32 Å². The van der Waals surface area contributed by atoms with Gasteiger partial charge >= 0.3 is 0 Å². The lowest BCUT2D eigenvalue weighted by molar-refractivity contribution is 0.208. The van der Waals surface area contributed by atoms with Crippen LogP contribution in [-0.2, 0) is 6.42 Å². The van der Waals surface area contributed by atoms with E-state index < -0.39 is 0 Å². The normalized spacial score (nSPS) is 16.9. The summed E-state index contributed by atoms with van der Waals surface area (Å²) in [6.45, 7) is 6.26. The standard InChI is InChI=1S/C17H24N2/c1-14(2)16-6-4-15(5-7-16)8-11-19-13-17(12-18)9-3-10-17/h4-7,14,19H,3,8-11,13H2,1-2H3. The largest absolute Gasteiger partial charge is 0.315 e. The molecule has 1 aliphatic rings. The van der Waals surface area contributed by atoms with Crippen molar-refractivity contribution in [3.63, 3.8) is 0 Å². The zero-order valence-corrected chi connectivity index (χ0v) is 12.1. The van der Waals surface area contributed by atoms with Gasteiger partial charge in [-0.15, -0.1) is 0 Å². The van der Waals surface area contributed by atoms with E-state index >= 15 is 0 Å². The molecule has 102 valence electrons. The molecule has 0 aromatic heterocycles. The molecule has 2 rings (SSSR count). The molecule has 19 heavy (non-hydrogen) atoms. The molecule has 0 atom stereocenters. The van der Waals surface area contributed by atoms with Gasteiger partial charge in [-0.3, -0.25) is 0 Å². The summed E-state index contributed by atoms with van der Waals surface area (Å²) in [5.74, 6) is 0.598. The second-order valence-corrected chi connectivity index (χ2v) is 6.07. The lowest BCUT2D eigenvalue weighted by Gasteiger charge is -2.35. The van der Waals surface area contributed by atoms with E-state index in [1.807, 2.05) is 0 Å². The van der Waals surface area contributed by atoms with Crippen LogP contribution in [-0.4, -0.2) is 13.1 Å². The van der Waals surface area contributed by atoms with Gasteiger partial charge in [0, 0.05) is 6.54 Å². The minimum absolute atomic E-state index is 0.0541. The summed E-state index contributed by atoms with van der Waals surface area (Å²) in [6.07, 6.45) is 4.39. The fourth-order valence-corrected chi connectivity index (χ4v) is 2.56. The molecule has 0 heterocycles. The maximum Gasteiger partial charge on any atom is 0.0703 e. The van der Waals surface area contributed by atoms with Gasteiger partial charge in [-0.05, 0) is 42.9 Å². The highest BCUT2D eigenvalue weighted by atomic mass is 14.9. The second-order valence-electron chi connectivity index (χ2n) is 6.07. The van der Waals surface area contributed by atoms with Crippen LogP contribution in [0.15, 0.2) is 24.3 Å². The van der Waals surface area contributed by atoms with Crippen molar-refractivity contribution in [3.8, 4) is 6.07 Å². The quantitative estimate of drug-likeness (QED) is 0.789. The second kappa shape index (κ2) is 6.21. The molecule has 0 aliphatic heterocycles. The van der Waals surface area contributed by atoms with Gasteiger partial charge < -0.3 is 5.32 Å². The molecular formula is C17H24N2. The van der Waals surface area contributed by atoms with Crippen molar-refractivity contribution in [2.24, 2.45) is 5.41 Å². The Bertz CT molecular complexity index is 435. The predicted molar refractivity (Wildman–Crippen MR) is 79.0 cm³/mol. The molecular weight excluding hydrogens is 232 g/mol. The van der Waals surface area contributed by atoms with Crippen molar-refractivity contribution in [3.05, 3.63) is 35.4 Å². The number of hydrogen-bond acceptors (Lipinski definition) is 2. The molecule has 1 aromatic rings. The first kappa shape index (κ1) is 14.1. The topological polar surface area (TPSA) is 35.8 Å². The summed E-state index contributed by atoms with van der Waals surface area (Å²) < 4.78 is 0. The molecule has 2 heteroatoms. The minimum atomic E-state index is -0.0541. The predicted octanol–water partition coefficient (Wildman–Crippen LogP) is 3.64. The summed E-state index contributed by atoms with van der Waals surface area (Å²) in [4.78, 5) is 0. The van der Waals surface area contributed by atoms with Crippen molar-refractivity contribution >= 4 is 0 Å². The first-order valence-electron chi connectivity index (χ1n) is 7.36. The smallest absolute Gasteiger partial charge is 0.0703 e. The molecule has 0 radical (unpaired) electrons. The van der Waals surface area contributed by atoms with Crippen molar-refractivity contribution in [2.75, 3.05) is 13.1 Å². The minimum Gasteiger partial charge on any atom is -0.315 e. The number of hydrogen-bond donors (Lipinski definition) is 1. The van der Waals surface area contributed by atoms with Gasteiger partial charge in [-0.1, -0.05) is 44.5 Å². The number of benzene rings is 1. The summed E-state index contributed by atoms with van der Waals surface area (Å²) in [5, 5.41) is 12.6. The Balaban J connectivity index is 1.72. The number of nitrogens with zero attached hydrogens (tertiary/aromatic N) is 1. The Morgan fingerprint density at radius 3 is 2.42 bits per heavy atom. The van der Waals surface area contributed by atoms with Crippen LogP contribution in [0.2, 0.25) is 0 Å². The summed E-state index contributed by atoms with van der Waals surface area (Å²) >= 11 is 0. The Labute approximate surface area is 116 Å². The number of rotatable bonds is 6. The number of nitrogens with one attached hydrogen (secondary N) is 1. The van der Waals surface area contributed by atoms with E-state index in [-0.39, 0.29) is 5.41 Å². The molecule has 1 fully saturated rings. The Morgan fingerprint density at radius 1 is 1.26 bits per heavy atom. The number of nitriles is 1. The first-order chi connectivity index (χ1) is 9.15. The summed E-state index contributed by atoms with van der Waals surface area (Å²) in [5.41, 5.74) is 2.72. The van der Waals surface area contributed by atoms with Crippen LogP contribution in [0.5, 0.6) is 0 Å². The van der Waals surface area contributed by atoms with Crippen LogP contribution in [0.25, 0.3) is 0 Å². The molecule has 1 saturated carbocycles. The molecule has 0 unspecified atom stereocenters. The summed E-state index contributed by atoms with van der Waals surface area (Å²) in [7, 11) is 0. The molecule has 0 spiro atoms. The lowest BCUT2D eigenvalue weighted by Crippen LogP contribution is -2.39. The van der Waals surface area contributed by atoms with Crippen LogP contribution >= 0.6 is 0 Å². The molecule has 0 amide bonds. The Hall–Kier alpha value is -1.33. The van der Waals surface area contributed by atoms with Gasteiger partial charge in [0.05, 0.1) is 11.5 Å².